The van der Waals surface area contributed by atoms with Crippen LogP contribution in [0.25, 0.3) is 22.1 Å². The largest absolute Gasteiger partial charge is 0.316 e. The van der Waals surface area contributed by atoms with Gasteiger partial charge in [-0.05, 0) is 61.3 Å². The van der Waals surface area contributed by atoms with Gasteiger partial charge in [-0.3, -0.25) is 9.59 Å². The van der Waals surface area contributed by atoms with Crippen molar-refractivity contribution in [1.82, 2.24) is 29.7 Å². The van der Waals surface area contributed by atoms with E-state index in [9.17, 15) is 9.59 Å². The molecule has 6 rings (SSSR count). The van der Waals surface area contributed by atoms with E-state index < -0.39 is 11.1 Å². The first kappa shape index (κ1) is 25.8. The van der Waals surface area contributed by atoms with E-state index in [0.29, 0.717) is 5.52 Å². The van der Waals surface area contributed by atoms with Gasteiger partial charge in [0.25, 0.3) is 0 Å². The maximum Gasteiger partial charge on any atom is 0.314 e. The standard InChI is InChI=1S/C12H10BrCl2N3.C12H12BrN3O2/c1-18-3-2-6-7(5-18)8(13)4-9-10(6)17-12(15)11(14)16-9;1-16-3-2-6-7(5-16)8(13)4-9-10(6)15-12(18)11(17)14-9/h4H,2-3,5H2,1H3;4H,2-3,5H2,1H3,(H,14,17)(H,15,18). The number of rotatable bonds is 0. The molecule has 2 aromatic carbocycles. The van der Waals surface area contributed by atoms with Gasteiger partial charge in [0.05, 0.1) is 22.1 Å². The lowest BCUT2D eigenvalue weighted by molar-refractivity contribution is 0.313. The second-order valence-corrected chi connectivity index (χ2v) is 11.5. The summed E-state index contributed by atoms with van der Waals surface area (Å²) >= 11 is 19.0. The van der Waals surface area contributed by atoms with Gasteiger partial charge in [-0.2, -0.15) is 0 Å². The van der Waals surface area contributed by atoms with Crippen LogP contribution in [0.15, 0.2) is 30.7 Å². The van der Waals surface area contributed by atoms with E-state index in [1.165, 1.54) is 16.7 Å². The zero-order chi connectivity index (χ0) is 25.7. The molecular formula is C24H22Br2Cl2N6O2. The lowest BCUT2D eigenvalue weighted by Gasteiger charge is -2.26. The number of hydrogen-bond donors (Lipinski definition) is 2. The fourth-order valence-corrected chi connectivity index (χ4v) is 6.18. The highest BCUT2D eigenvalue weighted by Gasteiger charge is 2.21. The van der Waals surface area contributed by atoms with Crippen LogP contribution >= 0.6 is 55.1 Å². The zero-order valence-corrected chi connectivity index (χ0v) is 24.2. The number of nitrogens with one attached hydrogen (secondary N) is 2. The number of benzene rings is 2. The van der Waals surface area contributed by atoms with Crippen molar-refractivity contribution in [3.05, 3.63) is 74.3 Å². The van der Waals surface area contributed by atoms with Gasteiger partial charge in [-0.1, -0.05) is 55.1 Å². The van der Waals surface area contributed by atoms with Gasteiger partial charge in [0.15, 0.2) is 10.3 Å². The molecule has 0 atom stereocenters. The summed E-state index contributed by atoms with van der Waals surface area (Å²) in [4.78, 5) is 41.3. The second-order valence-electron chi connectivity index (χ2n) is 9.11. The molecule has 36 heavy (non-hydrogen) atoms. The van der Waals surface area contributed by atoms with Crippen LogP contribution in [0.3, 0.4) is 0 Å². The Balaban J connectivity index is 0.000000148. The second kappa shape index (κ2) is 10.2. The van der Waals surface area contributed by atoms with E-state index in [0.717, 1.165) is 70.1 Å². The summed E-state index contributed by atoms with van der Waals surface area (Å²) in [5.41, 5.74) is 6.68. The Bertz CT molecular complexity index is 1640. The van der Waals surface area contributed by atoms with E-state index in [4.69, 9.17) is 23.2 Å². The molecule has 12 heteroatoms. The van der Waals surface area contributed by atoms with Crippen LogP contribution in [0.2, 0.25) is 10.3 Å². The molecule has 0 unspecified atom stereocenters. The molecule has 0 fully saturated rings. The third-order valence-corrected chi connectivity index (χ3v) is 8.61. The van der Waals surface area contributed by atoms with Crippen molar-refractivity contribution in [2.24, 2.45) is 0 Å². The molecule has 0 spiro atoms. The number of H-pyrrole nitrogens is 2. The highest BCUT2D eigenvalue weighted by molar-refractivity contribution is 9.10. The van der Waals surface area contributed by atoms with Crippen LogP contribution in [0.1, 0.15) is 22.3 Å². The maximum atomic E-state index is 11.4. The third kappa shape index (κ3) is 4.87. The lowest BCUT2D eigenvalue weighted by Crippen LogP contribution is -2.31. The van der Waals surface area contributed by atoms with Gasteiger partial charge in [0.1, 0.15) is 0 Å². The molecule has 2 aliphatic heterocycles. The van der Waals surface area contributed by atoms with Crippen molar-refractivity contribution < 1.29 is 0 Å². The summed E-state index contributed by atoms with van der Waals surface area (Å²) in [5.74, 6) is 0. The van der Waals surface area contributed by atoms with Crippen LogP contribution in [-0.2, 0) is 25.9 Å². The summed E-state index contributed by atoms with van der Waals surface area (Å²) in [6, 6.07) is 3.81. The molecule has 8 nitrogen and oxygen atoms in total. The Kier molecular flexibility index (Phi) is 7.28. The first-order valence-electron chi connectivity index (χ1n) is 11.3. The van der Waals surface area contributed by atoms with Gasteiger partial charge < -0.3 is 19.8 Å². The molecule has 188 valence electrons. The van der Waals surface area contributed by atoms with Gasteiger partial charge in [-0.15, -0.1) is 0 Å². The van der Waals surface area contributed by atoms with Crippen molar-refractivity contribution >= 4 is 77.1 Å². The smallest absolute Gasteiger partial charge is 0.314 e. The molecule has 0 aliphatic carbocycles. The first-order valence-corrected chi connectivity index (χ1v) is 13.6. The average molecular weight is 657 g/mol. The van der Waals surface area contributed by atoms with E-state index in [2.05, 4.69) is 75.7 Å². The molecule has 2 aromatic heterocycles. The first-order chi connectivity index (χ1) is 17.1. The minimum Gasteiger partial charge on any atom is -0.316 e. The van der Waals surface area contributed by atoms with E-state index >= 15 is 0 Å². The average Bonchev–Trinajstić information content (AvgIpc) is 2.83. The fraction of sp³-hybridized carbons (Fsp3) is 0.333. The minimum absolute atomic E-state index is 0.254. The predicted octanol–water partition coefficient (Wildman–Crippen LogP) is 4.65. The molecule has 0 radical (unpaired) electrons. The van der Waals surface area contributed by atoms with Crippen LogP contribution in [0.4, 0.5) is 0 Å². The summed E-state index contributed by atoms with van der Waals surface area (Å²) in [5, 5.41) is 0.525. The van der Waals surface area contributed by atoms with Crippen LogP contribution < -0.4 is 11.1 Å². The number of aromatic nitrogens is 4. The summed E-state index contributed by atoms with van der Waals surface area (Å²) in [7, 11) is 4.18. The van der Waals surface area contributed by atoms with Gasteiger partial charge in [0, 0.05) is 35.1 Å². The Morgan fingerprint density at radius 1 is 0.806 bits per heavy atom. The zero-order valence-electron chi connectivity index (χ0n) is 19.5. The van der Waals surface area contributed by atoms with Crippen LogP contribution in [0, 0.1) is 0 Å². The van der Waals surface area contributed by atoms with E-state index in [-0.39, 0.29) is 10.3 Å². The van der Waals surface area contributed by atoms with Crippen molar-refractivity contribution in [3.63, 3.8) is 0 Å². The Labute approximate surface area is 233 Å². The molecule has 4 heterocycles. The topological polar surface area (TPSA) is 98.0 Å². The fourth-order valence-electron chi connectivity index (χ4n) is 4.75. The van der Waals surface area contributed by atoms with Crippen molar-refractivity contribution in [2.75, 3.05) is 27.2 Å². The third-order valence-electron chi connectivity index (χ3n) is 6.57. The monoisotopic (exact) mass is 654 g/mol. The number of fused-ring (bicyclic) bond motifs is 6. The highest BCUT2D eigenvalue weighted by atomic mass is 79.9. The number of hydrogen-bond acceptors (Lipinski definition) is 6. The van der Waals surface area contributed by atoms with Crippen molar-refractivity contribution in [3.8, 4) is 0 Å². The molecule has 2 N–H and O–H groups in total. The van der Waals surface area contributed by atoms with Crippen LogP contribution in [-0.4, -0.2) is 56.9 Å². The number of halogens is 4. The molecular weight excluding hydrogens is 635 g/mol. The predicted molar refractivity (Wildman–Crippen MR) is 150 cm³/mol. The Morgan fingerprint density at radius 3 is 2.06 bits per heavy atom. The van der Waals surface area contributed by atoms with Crippen molar-refractivity contribution in [2.45, 2.75) is 25.9 Å². The molecule has 0 saturated carbocycles. The summed E-state index contributed by atoms with van der Waals surface area (Å²) in [6.45, 7) is 3.71. The SMILES string of the molecule is CN1CCc2c(c(Br)cc3[nH]c(=O)c(=O)[nH]c23)C1.CN1CCc2c(c(Br)cc3nc(Cl)c(Cl)nc23)C1. The molecule has 0 amide bonds. The van der Waals surface area contributed by atoms with Crippen LogP contribution in [0.5, 0.6) is 0 Å². The van der Waals surface area contributed by atoms with Gasteiger partial charge in [0.2, 0.25) is 0 Å². The highest BCUT2D eigenvalue weighted by Crippen LogP contribution is 2.34. The maximum absolute atomic E-state index is 11.4. The van der Waals surface area contributed by atoms with E-state index in [1.807, 2.05) is 12.1 Å². The normalized spacial score (nSPS) is 15.9. The molecule has 0 bridgehead atoms. The van der Waals surface area contributed by atoms with Crippen molar-refractivity contribution in [1.29, 1.82) is 0 Å². The Hall–Kier alpha value is -1.82. The van der Waals surface area contributed by atoms with Gasteiger partial charge in [-0.25, -0.2) is 9.97 Å². The number of aromatic amines is 2. The number of nitrogens with zero attached hydrogens (tertiary/aromatic N) is 4. The minimum atomic E-state index is -0.609. The molecule has 2 aliphatic rings. The Morgan fingerprint density at radius 2 is 1.36 bits per heavy atom. The number of likely N-dealkylation sites (N-methyl/N-ethyl adjacent to an activating group) is 2. The molecule has 0 saturated heterocycles. The summed E-state index contributed by atoms with van der Waals surface area (Å²) in [6.07, 6.45) is 1.82. The summed E-state index contributed by atoms with van der Waals surface area (Å²) < 4.78 is 2.03. The lowest BCUT2D eigenvalue weighted by atomic mass is 9.98. The molecule has 4 aromatic rings. The van der Waals surface area contributed by atoms with Gasteiger partial charge >= 0.3 is 11.1 Å². The van der Waals surface area contributed by atoms with E-state index in [1.54, 1.807) is 0 Å². The quantitative estimate of drug-likeness (QED) is 0.268.